The van der Waals surface area contributed by atoms with E-state index in [0.717, 1.165) is 22.4 Å². The number of hydrogen-bond donors (Lipinski definition) is 1. The van der Waals surface area contributed by atoms with Gasteiger partial charge >= 0.3 is 0 Å². The van der Waals surface area contributed by atoms with Crippen LogP contribution in [0.5, 0.6) is 11.5 Å². The number of aryl methyl sites for hydroxylation is 1. The van der Waals surface area contributed by atoms with Gasteiger partial charge in [0.15, 0.2) is 0 Å². The van der Waals surface area contributed by atoms with E-state index >= 15 is 0 Å². The fourth-order valence-corrected chi connectivity index (χ4v) is 3.45. The van der Waals surface area contributed by atoms with E-state index in [1.54, 1.807) is 24.7 Å². The third kappa shape index (κ3) is 3.21. The van der Waals surface area contributed by atoms with Gasteiger partial charge in [0.25, 0.3) is 0 Å². The lowest BCUT2D eigenvalue weighted by Crippen LogP contribution is -1.94. The largest absolute Gasteiger partial charge is 0.456 e. The Morgan fingerprint density at radius 1 is 1.17 bits per heavy atom. The SMILES string of the molecule is Cc1nc2ccc(Oc3ccc4ncc(-c5cnn(CC#N)c5)nc4c3Cl)cc2[nH]1. The maximum atomic E-state index is 8.81. The van der Waals surface area contributed by atoms with Crippen LogP contribution in [0.2, 0.25) is 5.02 Å². The van der Waals surface area contributed by atoms with Gasteiger partial charge in [-0.3, -0.25) is 9.67 Å². The maximum Gasteiger partial charge on any atom is 0.148 e. The quantitative estimate of drug-likeness (QED) is 0.458. The molecule has 3 aromatic heterocycles. The molecule has 0 aliphatic heterocycles. The fraction of sp³-hybridized carbons (Fsp3) is 0.0952. The molecule has 8 nitrogen and oxygen atoms in total. The van der Waals surface area contributed by atoms with Crippen LogP contribution in [0.4, 0.5) is 0 Å². The van der Waals surface area contributed by atoms with Crippen molar-refractivity contribution in [2.45, 2.75) is 13.5 Å². The molecule has 0 spiro atoms. The smallest absolute Gasteiger partial charge is 0.148 e. The Morgan fingerprint density at radius 2 is 2.03 bits per heavy atom. The molecule has 0 saturated carbocycles. The minimum Gasteiger partial charge on any atom is -0.456 e. The summed E-state index contributed by atoms with van der Waals surface area (Å²) in [6, 6.07) is 11.2. The number of halogens is 1. The minimum atomic E-state index is 0.167. The number of fused-ring (bicyclic) bond motifs is 2. The molecule has 0 saturated heterocycles. The van der Waals surface area contributed by atoms with E-state index < -0.39 is 0 Å². The van der Waals surface area contributed by atoms with Crippen molar-refractivity contribution >= 4 is 33.7 Å². The van der Waals surface area contributed by atoms with E-state index in [1.807, 2.05) is 31.2 Å². The van der Waals surface area contributed by atoms with Gasteiger partial charge < -0.3 is 9.72 Å². The van der Waals surface area contributed by atoms with E-state index in [1.165, 1.54) is 4.68 Å². The van der Waals surface area contributed by atoms with E-state index in [9.17, 15) is 0 Å². The molecule has 1 N–H and O–H groups in total. The molecule has 0 amide bonds. The molecule has 5 rings (SSSR count). The first-order valence-electron chi connectivity index (χ1n) is 9.10. The van der Waals surface area contributed by atoms with Gasteiger partial charge in [-0.1, -0.05) is 11.6 Å². The van der Waals surface area contributed by atoms with Crippen LogP contribution >= 0.6 is 11.6 Å². The summed E-state index contributed by atoms with van der Waals surface area (Å²) in [6.45, 7) is 2.07. The summed E-state index contributed by atoms with van der Waals surface area (Å²) in [4.78, 5) is 16.7. The summed E-state index contributed by atoms with van der Waals surface area (Å²) in [5, 5.41) is 13.3. The highest BCUT2D eigenvalue weighted by atomic mass is 35.5. The van der Waals surface area contributed by atoms with E-state index in [4.69, 9.17) is 21.6 Å². The molecular weight excluding hydrogens is 402 g/mol. The molecule has 0 radical (unpaired) electrons. The lowest BCUT2D eigenvalue weighted by atomic mass is 10.2. The number of nitrogens with zero attached hydrogens (tertiary/aromatic N) is 6. The summed E-state index contributed by atoms with van der Waals surface area (Å²) in [7, 11) is 0. The summed E-state index contributed by atoms with van der Waals surface area (Å²) >= 11 is 6.62. The maximum absolute atomic E-state index is 8.81. The van der Waals surface area contributed by atoms with Crippen LogP contribution in [0, 0.1) is 18.3 Å². The molecule has 9 heteroatoms. The highest BCUT2D eigenvalue weighted by Crippen LogP contribution is 2.35. The van der Waals surface area contributed by atoms with Crippen LogP contribution in [-0.4, -0.2) is 29.7 Å². The first-order valence-corrected chi connectivity index (χ1v) is 9.48. The van der Waals surface area contributed by atoms with Crippen molar-refractivity contribution in [1.29, 1.82) is 5.26 Å². The van der Waals surface area contributed by atoms with Crippen molar-refractivity contribution in [2.75, 3.05) is 0 Å². The summed E-state index contributed by atoms with van der Waals surface area (Å²) in [6.07, 6.45) is 5.04. The Balaban J connectivity index is 1.52. The molecular formula is C21H14ClN7O. The highest BCUT2D eigenvalue weighted by molar-refractivity contribution is 6.36. The predicted molar refractivity (Wildman–Crippen MR) is 112 cm³/mol. The second kappa shape index (κ2) is 7.13. The molecule has 30 heavy (non-hydrogen) atoms. The molecule has 0 bridgehead atoms. The van der Waals surface area contributed by atoms with Crippen molar-refractivity contribution in [2.24, 2.45) is 0 Å². The highest BCUT2D eigenvalue weighted by Gasteiger charge is 2.13. The second-order valence-electron chi connectivity index (χ2n) is 6.69. The topological polar surface area (TPSA) is 105 Å². The number of H-pyrrole nitrogens is 1. The van der Waals surface area contributed by atoms with Gasteiger partial charge in [-0.25, -0.2) is 9.97 Å². The van der Waals surface area contributed by atoms with Gasteiger partial charge in [0.2, 0.25) is 0 Å². The fourth-order valence-electron chi connectivity index (χ4n) is 3.21. The Kier molecular flexibility index (Phi) is 4.30. The zero-order valence-electron chi connectivity index (χ0n) is 15.8. The summed E-state index contributed by atoms with van der Waals surface area (Å²) < 4.78 is 7.55. The lowest BCUT2D eigenvalue weighted by Gasteiger charge is -2.10. The average Bonchev–Trinajstić information content (AvgIpc) is 3.35. The zero-order valence-corrected chi connectivity index (χ0v) is 16.6. The van der Waals surface area contributed by atoms with Crippen LogP contribution in [0.1, 0.15) is 5.82 Å². The number of rotatable bonds is 4. The molecule has 0 atom stereocenters. The number of benzene rings is 2. The first kappa shape index (κ1) is 18.1. The number of hydrogen-bond acceptors (Lipinski definition) is 6. The molecule has 0 aliphatic carbocycles. The van der Waals surface area contributed by atoms with Gasteiger partial charge in [-0.2, -0.15) is 10.4 Å². The van der Waals surface area contributed by atoms with Crippen LogP contribution in [0.3, 0.4) is 0 Å². The normalized spacial score (nSPS) is 11.1. The van der Waals surface area contributed by atoms with Crippen molar-refractivity contribution in [1.82, 2.24) is 29.7 Å². The van der Waals surface area contributed by atoms with Crippen molar-refractivity contribution in [3.05, 3.63) is 59.8 Å². The van der Waals surface area contributed by atoms with Crippen molar-refractivity contribution < 1.29 is 4.74 Å². The minimum absolute atomic E-state index is 0.167. The van der Waals surface area contributed by atoms with Gasteiger partial charge in [-0.05, 0) is 31.2 Å². The number of ether oxygens (including phenoxy) is 1. The van der Waals surface area contributed by atoms with E-state index in [2.05, 4.69) is 31.1 Å². The standard InChI is InChI=1S/C21H14ClN7O/c1-12-26-15-3-2-14(8-17(15)27-12)30-19-5-4-16-21(20(19)22)28-18(10-24-16)13-9-25-29(11-13)7-6-23/h2-5,8-11H,7H2,1H3,(H,26,27). The third-order valence-electron chi connectivity index (χ3n) is 4.58. The van der Waals surface area contributed by atoms with Gasteiger partial charge in [0.05, 0.1) is 40.7 Å². The number of imidazole rings is 1. The van der Waals surface area contributed by atoms with Gasteiger partial charge in [0.1, 0.15) is 34.4 Å². The molecule has 2 aromatic carbocycles. The Hall–Kier alpha value is -3.96. The van der Waals surface area contributed by atoms with Crippen LogP contribution < -0.4 is 4.74 Å². The molecule has 0 aliphatic rings. The number of aromatic nitrogens is 6. The van der Waals surface area contributed by atoms with E-state index in [-0.39, 0.29) is 6.54 Å². The lowest BCUT2D eigenvalue weighted by molar-refractivity contribution is 0.484. The number of aromatic amines is 1. The number of nitriles is 1. The van der Waals surface area contributed by atoms with Crippen LogP contribution in [0.15, 0.2) is 48.9 Å². The molecule has 5 aromatic rings. The zero-order chi connectivity index (χ0) is 20.7. The van der Waals surface area contributed by atoms with E-state index in [0.29, 0.717) is 33.2 Å². The average molecular weight is 416 g/mol. The van der Waals surface area contributed by atoms with Gasteiger partial charge in [0, 0.05) is 17.8 Å². The predicted octanol–water partition coefficient (Wildman–Crippen LogP) is 4.65. The second-order valence-corrected chi connectivity index (χ2v) is 7.07. The summed E-state index contributed by atoms with van der Waals surface area (Å²) in [5.74, 6) is 1.95. The summed E-state index contributed by atoms with van der Waals surface area (Å²) in [5.41, 5.74) is 4.30. The van der Waals surface area contributed by atoms with Crippen LogP contribution in [0.25, 0.3) is 33.3 Å². The monoisotopic (exact) mass is 415 g/mol. The van der Waals surface area contributed by atoms with Crippen molar-refractivity contribution in [3.8, 4) is 28.8 Å². The molecule has 0 unspecified atom stereocenters. The number of nitrogens with one attached hydrogen (secondary N) is 1. The van der Waals surface area contributed by atoms with Gasteiger partial charge in [-0.15, -0.1) is 0 Å². The third-order valence-corrected chi connectivity index (χ3v) is 4.94. The Bertz CT molecular complexity index is 1450. The van der Waals surface area contributed by atoms with Crippen LogP contribution in [-0.2, 0) is 6.54 Å². The molecule has 3 heterocycles. The Morgan fingerprint density at radius 3 is 2.90 bits per heavy atom. The Labute approximate surface area is 175 Å². The molecule has 0 fully saturated rings. The van der Waals surface area contributed by atoms with Crippen molar-refractivity contribution in [3.63, 3.8) is 0 Å². The molecule has 146 valence electrons. The first-order chi connectivity index (χ1) is 14.6.